The standard InChI is InChI=1S/C23H31N5O4/c1-15-4-5-19-20(28(15)23(30)31)7-6-18(22(19)32-14-21(29)26(2)3)16-12-25-27(13-16)17-8-10-24-11-9-17/h6-7,12-13,15,17,24H,4-5,8-11,14H2,1-3H3,(H,30,31)/t15-/m0/s1. The van der Waals surface area contributed by atoms with Crippen molar-refractivity contribution in [1.29, 1.82) is 0 Å². The molecule has 1 saturated heterocycles. The summed E-state index contributed by atoms with van der Waals surface area (Å²) in [6.07, 6.45) is 6.29. The van der Waals surface area contributed by atoms with Gasteiger partial charge in [-0.05, 0) is 57.8 Å². The summed E-state index contributed by atoms with van der Waals surface area (Å²) in [5.41, 5.74) is 3.18. The Labute approximate surface area is 187 Å². The van der Waals surface area contributed by atoms with E-state index in [2.05, 4.69) is 10.4 Å². The number of nitrogens with one attached hydrogen (secondary N) is 1. The van der Waals surface area contributed by atoms with Crippen LogP contribution >= 0.6 is 0 Å². The number of amides is 2. The molecule has 1 atom stereocenters. The summed E-state index contributed by atoms with van der Waals surface area (Å²) in [7, 11) is 3.37. The van der Waals surface area contributed by atoms with Gasteiger partial charge in [0.25, 0.3) is 5.91 Å². The van der Waals surface area contributed by atoms with E-state index < -0.39 is 6.09 Å². The lowest BCUT2D eigenvalue weighted by Crippen LogP contribution is -2.41. The van der Waals surface area contributed by atoms with Crippen molar-refractivity contribution in [3.63, 3.8) is 0 Å². The van der Waals surface area contributed by atoms with Gasteiger partial charge in [0.05, 0.1) is 17.9 Å². The second-order valence-electron chi connectivity index (χ2n) is 8.75. The number of hydrogen-bond acceptors (Lipinski definition) is 5. The van der Waals surface area contributed by atoms with Gasteiger partial charge in [0.15, 0.2) is 6.61 Å². The van der Waals surface area contributed by atoms with Crippen LogP contribution in [0.1, 0.15) is 37.8 Å². The first-order valence-electron chi connectivity index (χ1n) is 11.1. The number of nitrogens with zero attached hydrogens (tertiary/aromatic N) is 4. The zero-order chi connectivity index (χ0) is 22.8. The largest absolute Gasteiger partial charge is 0.483 e. The lowest BCUT2D eigenvalue weighted by atomic mass is 9.92. The predicted molar refractivity (Wildman–Crippen MR) is 121 cm³/mol. The molecular formula is C23H31N5O4. The van der Waals surface area contributed by atoms with E-state index in [1.165, 1.54) is 9.80 Å². The van der Waals surface area contributed by atoms with Crippen LogP contribution in [-0.2, 0) is 11.2 Å². The maximum atomic E-state index is 12.2. The van der Waals surface area contributed by atoms with Gasteiger partial charge >= 0.3 is 6.09 Å². The minimum atomic E-state index is -0.986. The molecule has 1 fully saturated rings. The van der Waals surface area contributed by atoms with Gasteiger partial charge in [0.1, 0.15) is 5.75 Å². The molecule has 0 aliphatic carbocycles. The van der Waals surface area contributed by atoms with Crippen LogP contribution in [0, 0.1) is 0 Å². The van der Waals surface area contributed by atoms with Crippen LogP contribution in [0.5, 0.6) is 5.75 Å². The van der Waals surface area contributed by atoms with Crippen LogP contribution in [0.15, 0.2) is 24.5 Å². The first-order valence-corrected chi connectivity index (χ1v) is 11.1. The molecule has 0 bridgehead atoms. The number of aromatic nitrogens is 2. The molecule has 0 radical (unpaired) electrons. The number of anilines is 1. The lowest BCUT2D eigenvalue weighted by Gasteiger charge is -2.34. The van der Waals surface area contributed by atoms with Gasteiger partial charge in [-0.25, -0.2) is 4.79 Å². The van der Waals surface area contributed by atoms with Gasteiger partial charge in [-0.15, -0.1) is 0 Å². The molecule has 2 N–H and O–H groups in total. The molecule has 32 heavy (non-hydrogen) atoms. The van der Waals surface area contributed by atoms with Crippen LogP contribution in [-0.4, -0.2) is 71.6 Å². The summed E-state index contributed by atoms with van der Waals surface area (Å²) in [5, 5.41) is 17.7. The zero-order valence-electron chi connectivity index (χ0n) is 18.9. The van der Waals surface area contributed by atoms with Crippen molar-refractivity contribution in [3.8, 4) is 16.9 Å². The molecule has 4 rings (SSSR count). The number of likely N-dealkylation sites (N-methyl/N-ethyl adjacent to an activating group) is 1. The van der Waals surface area contributed by atoms with Crippen LogP contribution < -0.4 is 15.0 Å². The van der Waals surface area contributed by atoms with E-state index in [9.17, 15) is 14.7 Å². The van der Waals surface area contributed by atoms with Crippen molar-refractivity contribution in [1.82, 2.24) is 20.0 Å². The zero-order valence-corrected chi connectivity index (χ0v) is 18.9. The Kier molecular flexibility index (Phi) is 6.36. The third-order valence-electron chi connectivity index (χ3n) is 6.39. The Morgan fingerprint density at radius 1 is 1.25 bits per heavy atom. The summed E-state index contributed by atoms with van der Waals surface area (Å²) >= 11 is 0. The predicted octanol–water partition coefficient (Wildman–Crippen LogP) is 2.76. The number of ether oxygens (including phenoxy) is 1. The average molecular weight is 442 g/mol. The second kappa shape index (κ2) is 9.20. The van der Waals surface area contributed by atoms with Crippen LogP contribution in [0.2, 0.25) is 0 Å². The number of fused-ring (bicyclic) bond motifs is 1. The Balaban J connectivity index is 1.74. The van der Waals surface area contributed by atoms with Gasteiger partial charge < -0.3 is 20.1 Å². The summed E-state index contributed by atoms with van der Waals surface area (Å²) in [6.45, 7) is 3.75. The monoisotopic (exact) mass is 441 g/mol. The third kappa shape index (κ3) is 4.29. The van der Waals surface area contributed by atoms with Crippen molar-refractivity contribution >= 4 is 17.7 Å². The summed E-state index contributed by atoms with van der Waals surface area (Å²) in [5.74, 6) is 0.416. The number of piperidine rings is 1. The van der Waals surface area contributed by atoms with Gasteiger partial charge in [-0.1, -0.05) is 0 Å². The molecule has 0 unspecified atom stereocenters. The van der Waals surface area contributed by atoms with Crippen molar-refractivity contribution in [2.45, 2.75) is 44.7 Å². The molecule has 2 aromatic rings. The van der Waals surface area contributed by atoms with E-state index >= 15 is 0 Å². The van der Waals surface area contributed by atoms with Crippen LogP contribution in [0.3, 0.4) is 0 Å². The molecule has 2 aliphatic rings. The minimum Gasteiger partial charge on any atom is -0.483 e. The summed E-state index contributed by atoms with van der Waals surface area (Å²) in [6, 6.07) is 3.96. The SMILES string of the molecule is C[C@H]1CCc2c(ccc(-c3cnn(C4CCNCC4)c3)c2OCC(=O)N(C)C)N1C(=O)O. The number of benzene rings is 1. The highest BCUT2D eigenvalue weighted by molar-refractivity contribution is 5.91. The minimum absolute atomic E-state index is 0.110. The highest BCUT2D eigenvalue weighted by atomic mass is 16.5. The Morgan fingerprint density at radius 3 is 2.69 bits per heavy atom. The molecular weight excluding hydrogens is 410 g/mol. The number of hydrogen-bond donors (Lipinski definition) is 2. The number of rotatable bonds is 5. The van der Waals surface area contributed by atoms with E-state index in [1.807, 2.05) is 36.1 Å². The fourth-order valence-electron chi connectivity index (χ4n) is 4.50. The number of carbonyl (C=O) groups is 2. The maximum absolute atomic E-state index is 12.2. The van der Waals surface area contributed by atoms with Crippen molar-refractivity contribution in [2.75, 3.05) is 38.7 Å². The van der Waals surface area contributed by atoms with Crippen LogP contribution in [0.4, 0.5) is 10.5 Å². The smallest absolute Gasteiger partial charge is 0.412 e. The average Bonchev–Trinajstić information content (AvgIpc) is 3.27. The molecule has 172 valence electrons. The molecule has 2 aliphatic heterocycles. The highest BCUT2D eigenvalue weighted by Crippen LogP contribution is 2.43. The molecule has 0 saturated carbocycles. The summed E-state index contributed by atoms with van der Waals surface area (Å²) < 4.78 is 8.08. The Morgan fingerprint density at radius 2 is 2.00 bits per heavy atom. The van der Waals surface area contributed by atoms with Gasteiger partial charge in [0.2, 0.25) is 0 Å². The van der Waals surface area contributed by atoms with Crippen molar-refractivity contribution in [2.24, 2.45) is 0 Å². The Bertz CT molecular complexity index is 996. The molecule has 2 amide bonds. The highest BCUT2D eigenvalue weighted by Gasteiger charge is 2.32. The number of carbonyl (C=O) groups excluding carboxylic acids is 1. The van der Waals surface area contributed by atoms with Gasteiger partial charge in [0, 0.05) is 43.0 Å². The maximum Gasteiger partial charge on any atom is 0.412 e. The molecule has 3 heterocycles. The van der Waals surface area contributed by atoms with Crippen molar-refractivity contribution < 1.29 is 19.4 Å². The normalized spacial score (nSPS) is 18.8. The Hall–Kier alpha value is -3.07. The van der Waals surface area contributed by atoms with Gasteiger partial charge in [-0.3, -0.25) is 14.4 Å². The van der Waals surface area contributed by atoms with E-state index in [-0.39, 0.29) is 18.6 Å². The fraction of sp³-hybridized carbons (Fsp3) is 0.522. The molecule has 1 aromatic carbocycles. The fourth-order valence-corrected chi connectivity index (χ4v) is 4.50. The molecule has 0 spiro atoms. The van der Waals surface area contributed by atoms with Crippen LogP contribution in [0.25, 0.3) is 11.1 Å². The molecule has 1 aromatic heterocycles. The second-order valence-corrected chi connectivity index (χ2v) is 8.75. The summed E-state index contributed by atoms with van der Waals surface area (Å²) in [4.78, 5) is 27.0. The first-order chi connectivity index (χ1) is 15.4. The lowest BCUT2D eigenvalue weighted by molar-refractivity contribution is -0.130. The third-order valence-corrected chi connectivity index (χ3v) is 6.39. The first kappa shape index (κ1) is 22.1. The van der Waals surface area contributed by atoms with E-state index in [0.29, 0.717) is 30.3 Å². The molecule has 9 nitrogen and oxygen atoms in total. The van der Waals surface area contributed by atoms with E-state index in [0.717, 1.165) is 42.6 Å². The van der Waals surface area contributed by atoms with E-state index in [4.69, 9.17) is 4.74 Å². The van der Waals surface area contributed by atoms with Gasteiger partial charge in [-0.2, -0.15) is 5.10 Å². The topological polar surface area (TPSA) is 99.9 Å². The van der Waals surface area contributed by atoms with Crippen molar-refractivity contribution in [3.05, 3.63) is 30.1 Å². The molecule has 9 heteroatoms. The number of carboxylic acid groups (broad SMARTS) is 1. The van der Waals surface area contributed by atoms with E-state index in [1.54, 1.807) is 14.1 Å². The quantitative estimate of drug-likeness (QED) is 0.740.